The number of fused-ring (bicyclic) bond motifs is 7. The molecule has 44 heavy (non-hydrogen) atoms. The molecule has 250 valence electrons. The molecule has 8 rings (SSSR count). The van der Waals surface area contributed by atoms with Crippen molar-refractivity contribution in [2.75, 3.05) is 6.61 Å². The summed E-state index contributed by atoms with van der Waals surface area (Å²) in [5.41, 5.74) is -1.69. The second-order valence-corrected chi connectivity index (χ2v) is 18.5. The molecular weight excluding hydrogens is 564 g/mol. The predicted octanol–water partition coefficient (Wildman–Crippen LogP) is 3.27. The van der Waals surface area contributed by atoms with Crippen molar-refractivity contribution in [1.29, 1.82) is 0 Å². The fourth-order valence-electron chi connectivity index (χ4n) is 13.9. The van der Waals surface area contributed by atoms with Crippen molar-refractivity contribution in [2.24, 2.45) is 44.8 Å². The highest BCUT2D eigenvalue weighted by Gasteiger charge is 2.86. The molecule has 9 heteroatoms. The molecule has 9 nitrogen and oxygen atoms in total. The lowest BCUT2D eigenvalue weighted by Gasteiger charge is -2.65. The lowest BCUT2D eigenvalue weighted by molar-refractivity contribution is -0.383. The molecule has 0 aromatic heterocycles. The molecule has 3 saturated heterocycles. The maximum atomic E-state index is 12.3. The molecule has 0 amide bonds. The minimum atomic E-state index is -1.31. The van der Waals surface area contributed by atoms with E-state index in [1.165, 1.54) is 0 Å². The summed E-state index contributed by atoms with van der Waals surface area (Å²) in [4.78, 5) is 0. The molecule has 3 aliphatic heterocycles. The Labute approximate surface area is 262 Å². The fourth-order valence-corrected chi connectivity index (χ4v) is 13.9. The van der Waals surface area contributed by atoms with Gasteiger partial charge in [0.1, 0.15) is 23.9 Å². The molecule has 0 radical (unpaired) electrons. The van der Waals surface area contributed by atoms with E-state index in [-0.39, 0.29) is 69.2 Å². The number of ether oxygens (including phenoxy) is 4. The quantitative estimate of drug-likeness (QED) is 0.301. The van der Waals surface area contributed by atoms with E-state index in [4.69, 9.17) is 18.9 Å². The van der Waals surface area contributed by atoms with Gasteiger partial charge in [-0.3, -0.25) is 0 Å². The molecule has 5 saturated carbocycles. The van der Waals surface area contributed by atoms with E-state index in [9.17, 15) is 25.5 Å². The van der Waals surface area contributed by atoms with Crippen molar-refractivity contribution in [3.8, 4) is 0 Å². The monoisotopic (exact) mass is 620 g/mol. The van der Waals surface area contributed by atoms with Crippen molar-refractivity contribution in [1.82, 2.24) is 0 Å². The van der Waals surface area contributed by atoms with Crippen LogP contribution in [0.25, 0.3) is 0 Å². The minimum absolute atomic E-state index is 0.0104. The van der Waals surface area contributed by atoms with Gasteiger partial charge in [0.2, 0.25) is 0 Å². The lowest BCUT2D eigenvalue weighted by Crippen LogP contribution is -2.65. The van der Waals surface area contributed by atoms with Gasteiger partial charge in [-0.25, -0.2) is 0 Å². The maximum absolute atomic E-state index is 12.3. The van der Waals surface area contributed by atoms with Gasteiger partial charge < -0.3 is 44.5 Å². The third-order valence-corrected chi connectivity index (χ3v) is 16.0. The van der Waals surface area contributed by atoms with Crippen LogP contribution in [0.3, 0.4) is 0 Å². The van der Waals surface area contributed by atoms with Gasteiger partial charge in [-0.05, 0) is 111 Å². The van der Waals surface area contributed by atoms with Gasteiger partial charge in [0, 0.05) is 12.3 Å². The van der Waals surface area contributed by atoms with Gasteiger partial charge >= 0.3 is 0 Å². The second kappa shape index (κ2) is 8.80. The van der Waals surface area contributed by atoms with Crippen LogP contribution in [-0.2, 0) is 18.9 Å². The molecule has 2 spiro atoms. The molecule has 16 atom stereocenters. The van der Waals surface area contributed by atoms with E-state index < -0.39 is 42.1 Å². The Bertz CT molecular complexity index is 1220. The third kappa shape index (κ3) is 3.43. The third-order valence-electron chi connectivity index (χ3n) is 16.0. The van der Waals surface area contributed by atoms with Gasteiger partial charge in [-0.2, -0.15) is 0 Å². The minimum Gasteiger partial charge on any atom is -0.393 e. The normalized spacial score (nSPS) is 62.2. The first-order chi connectivity index (χ1) is 20.3. The van der Waals surface area contributed by atoms with Crippen molar-refractivity contribution < 1.29 is 44.5 Å². The number of aliphatic hydroxyl groups excluding tert-OH is 4. The molecule has 0 aromatic rings. The molecule has 2 unspecified atom stereocenters. The van der Waals surface area contributed by atoms with Crippen LogP contribution in [0.2, 0.25) is 0 Å². The standard InChI is InChI=1S/C35H56O9/c1-28(2)21-14-18(36)25-31(6)15-20-26(32(7)11-13-35(43-20,44-32)29(3,4)40)30(31,5)10-12-34(25)17-33(21,34)9-8-22(28)42-27-24(39)23(38)19(37)16-41-27/h18-27,36-40H,8-17H2,1-7H3/t18?,19-,20+,21+,22+,23+,24-,25+,26+,27+,30-,31+,32+,33-,34+,35?/m1/s1. The van der Waals surface area contributed by atoms with Crippen LogP contribution in [0.1, 0.15) is 106 Å². The zero-order valence-corrected chi connectivity index (χ0v) is 27.7. The zero-order valence-electron chi connectivity index (χ0n) is 27.7. The van der Waals surface area contributed by atoms with Crippen molar-refractivity contribution >= 4 is 0 Å². The Morgan fingerprint density at radius 2 is 1.52 bits per heavy atom. The van der Waals surface area contributed by atoms with Gasteiger partial charge in [-0.15, -0.1) is 0 Å². The first-order valence-electron chi connectivity index (χ1n) is 17.4. The highest BCUT2D eigenvalue weighted by Crippen LogP contribution is 2.89. The van der Waals surface area contributed by atoms with Crippen LogP contribution in [0.4, 0.5) is 0 Å². The summed E-state index contributed by atoms with van der Waals surface area (Å²) in [6, 6.07) is 0. The average molecular weight is 621 g/mol. The van der Waals surface area contributed by atoms with E-state index in [0.29, 0.717) is 6.42 Å². The average Bonchev–Trinajstić information content (AvgIpc) is 3.37. The van der Waals surface area contributed by atoms with Crippen LogP contribution >= 0.6 is 0 Å². The summed E-state index contributed by atoms with van der Waals surface area (Å²) in [7, 11) is 0. The zero-order chi connectivity index (χ0) is 31.7. The molecule has 5 N–H and O–H groups in total. The number of hydrogen-bond acceptors (Lipinski definition) is 9. The Morgan fingerprint density at radius 1 is 0.795 bits per heavy atom. The first-order valence-corrected chi connectivity index (χ1v) is 17.4. The smallest absolute Gasteiger partial charge is 0.197 e. The summed E-state index contributed by atoms with van der Waals surface area (Å²) >= 11 is 0. The molecule has 2 bridgehead atoms. The fraction of sp³-hybridized carbons (Fsp3) is 1.00. The van der Waals surface area contributed by atoms with Gasteiger partial charge in [0.15, 0.2) is 12.1 Å². The van der Waals surface area contributed by atoms with Crippen LogP contribution in [-0.4, -0.2) is 92.0 Å². The molecule has 0 aromatic carbocycles. The van der Waals surface area contributed by atoms with Gasteiger partial charge in [0.25, 0.3) is 0 Å². The molecule has 3 heterocycles. The van der Waals surface area contributed by atoms with E-state index in [1.54, 1.807) is 0 Å². The molecular formula is C35H56O9. The number of hydrogen-bond donors (Lipinski definition) is 5. The highest BCUT2D eigenvalue weighted by molar-refractivity contribution is 5.34. The van der Waals surface area contributed by atoms with Crippen LogP contribution in [0, 0.1) is 44.8 Å². The summed E-state index contributed by atoms with van der Waals surface area (Å²) < 4.78 is 25.8. The molecule has 5 aliphatic carbocycles. The Kier molecular flexibility index (Phi) is 6.19. The van der Waals surface area contributed by atoms with E-state index >= 15 is 0 Å². The van der Waals surface area contributed by atoms with E-state index in [1.807, 2.05) is 13.8 Å². The summed E-state index contributed by atoms with van der Waals surface area (Å²) in [6.45, 7) is 15.2. The van der Waals surface area contributed by atoms with Crippen LogP contribution in [0.15, 0.2) is 0 Å². The Balaban J connectivity index is 1.09. The van der Waals surface area contributed by atoms with Crippen LogP contribution < -0.4 is 0 Å². The first kappa shape index (κ1) is 30.9. The topological polar surface area (TPSA) is 138 Å². The highest BCUT2D eigenvalue weighted by atomic mass is 16.7. The molecule has 8 aliphatic rings. The largest absolute Gasteiger partial charge is 0.393 e. The summed E-state index contributed by atoms with van der Waals surface area (Å²) in [6.07, 6.45) is 2.99. The number of rotatable bonds is 3. The summed E-state index contributed by atoms with van der Waals surface area (Å²) in [5.74, 6) is -0.331. The lowest BCUT2D eigenvalue weighted by atomic mass is 9.41. The SMILES string of the molecule is CC1(C)[C@@H](O[C@@H]2OC[C@@H](O)[C@H](O)[C@H]2O)CC[C@]23C[C@]24CC[C@]2(C)[C@@H]5[C@H](C[C@@]2(C)[C@@H]4C(O)C[C@@H]13)OC1(C(C)(C)O)CC[C@]5(C)O1. The van der Waals surface area contributed by atoms with Gasteiger partial charge in [-0.1, -0.05) is 27.7 Å². The predicted molar refractivity (Wildman–Crippen MR) is 159 cm³/mol. The maximum Gasteiger partial charge on any atom is 0.197 e. The van der Waals surface area contributed by atoms with Gasteiger partial charge in [0.05, 0.1) is 30.5 Å². The van der Waals surface area contributed by atoms with E-state index in [2.05, 4.69) is 34.6 Å². The van der Waals surface area contributed by atoms with Crippen molar-refractivity contribution in [3.63, 3.8) is 0 Å². The van der Waals surface area contributed by atoms with Crippen LogP contribution in [0.5, 0.6) is 0 Å². The summed E-state index contributed by atoms with van der Waals surface area (Å²) in [5, 5.41) is 54.3. The Hall–Kier alpha value is -0.360. The van der Waals surface area contributed by atoms with Crippen molar-refractivity contribution in [2.45, 2.75) is 166 Å². The number of aliphatic hydroxyl groups is 5. The Morgan fingerprint density at radius 3 is 2.23 bits per heavy atom. The van der Waals surface area contributed by atoms with E-state index in [0.717, 1.165) is 51.4 Å². The molecule has 8 fully saturated rings. The second-order valence-electron chi connectivity index (χ2n) is 18.5. The van der Waals surface area contributed by atoms with Crippen molar-refractivity contribution in [3.05, 3.63) is 0 Å².